The molecule has 3 nitrogen and oxygen atoms in total. The molecule has 0 aliphatic rings. The Morgan fingerprint density at radius 3 is 2.50 bits per heavy atom. The van der Waals surface area contributed by atoms with Gasteiger partial charge in [-0.2, -0.15) is 0 Å². The molecule has 0 spiro atoms. The van der Waals surface area contributed by atoms with Crippen LogP contribution in [-0.4, -0.2) is 18.5 Å². The van der Waals surface area contributed by atoms with E-state index in [-0.39, 0.29) is 17.3 Å². The average Bonchev–Trinajstić information content (AvgIpc) is 2.16. The van der Waals surface area contributed by atoms with Gasteiger partial charge in [0.15, 0.2) is 11.5 Å². The van der Waals surface area contributed by atoms with Crippen LogP contribution in [0.1, 0.15) is 5.69 Å². The lowest BCUT2D eigenvalue weighted by atomic mass is 10.3. The largest absolute Gasteiger partial charge is 0.573 e. The van der Waals surface area contributed by atoms with Crippen molar-refractivity contribution in [2.24, 2.45) is 0 Å². The van der Waals surface area contributed by atoms with Crippen LogP contribution in [-0.2, 0) is 5.88 Å². The van der Waals surface area contributed by atoms with Crippen LogP contribution in [0.2, 0.25) is 0 Å². The van der Waals surface area contributed by atoms with Crippen LogP contribution in [0.25, 0.3) is 0 Å². The van der Waals surface area contributed by atoms with Gasteiger partial charge in [0.25, 0.3) is 0 Å². The Bertz CT molecular complexity index is 386. The summed E-state index contributed by atoms with van der Waals surface area (Å²) in [4.78, 5) is 3.75. The van der Waals surface area contributed by atoms with E-state index < -0.39 is 12.1 Å². The molecule has 1 heterocycles. The van der Waals surface area contributed by atoms with Crippen molar-refractivity contribution in [3.05, 3.63) is 15.5 Å². The van der Waals surface area contributed by atoms with E-state index in [4.69, 9.17) is 16.3 Å². The maximum atomic E-state index is 12.2. The van der Waals surface area contributed by atoms with Crippen molar-refractivity contribution >= 4 is 34.2 Å². The Morgan fingerprint density at radius 1 is 1.44 bits per heavy atom. The summed E-state index contributed by atoms with van der Waals surface area (Å²) in [5.74, 6) is -0.709. The molecule has 1 aromatic heterocycles. The summed E-state index contributed by atoms with van der Waals surface area (Å²) in [6.07, 6.45) is -3.44. The van der Waals surface area contributed by atoms with Gasteiger partial charge in [0, 0.05) is 6.20 Å². The highest BCUT2D eigenvalue weighted by atomic mass is 127. The lowest BCUT2D eigenvalue weighted by Crippen LogP contribution is -2.19. The topological polar surface area (TPSA) is 31.4 Å². The van der Waals surface area contributed by atoms with Gasteiger partial charge in [-0.05, 0) is 22.6 Å². The summed E-state index contributed by atoms with van der Waals surface area (Å²) in [7, 11) is 1.25. The first-order valence-corrected chi connectivity index (χ1v) is 5.53. The smallest absolute Gasteiger partial charge is 0.492 e. The highest BCUT2D eigenvalue weighted by molar-refractivity contribution is 14.1. The van der Waals surface area contributed by atoms with Crippen molar-refractivity contribution in [3.63, 3.8) is 0 Å². The van der Waals surface area contributed by atoms with E-state index in [9.17, 15) is 13.2 Å². The molecule has 0 amide bonds. The Hall–Kier alpha value is -0.440. The first kappa shape index (κ1) is 13.6. The van der Waals surface area contributed by atoms with Gasteiger partial charge in [-0.25, -0.2) is 0 Å². The summed E-state index contributed by atoms with van der Waals surface area (Å²) in [5.41, 5.74) is -0.0174. The molecule has 90 valence electrons. The monoisotopic (exact) mass is 367 g/mol. The fraction of sp³-hybridized carbons (Fsp3) is 0.375. The van der Waals surface area contributed by atoms with Crippen molar-refractivity contribution in [3.8, 4) is 11.5 Å². The van der Waals surface area contributed by atoms with Gasteiger partial charge in [-0.1, -0.05) is 0 Å². The van der Waals surface area contributed by atoms with Crippen molar-refractivity contribution in [1.82, 2.24) is 4.98 Å². The van der Waals surface area contributed by atoms with Crippen LogP contribution in [0, 0.1) is 3.57 Å². The number of methoxy groups -OCH3 is 1. The molecular weight excluding hydrogens is 361 g/mol. The molecule has 0 aliphatic carbocycles. The quantitative estimate of drug-likeness (QED) is 0.607. The minimum absolute atomic E-state index is 0.0174. The van der Waals surface area contributed by atoms with Crippen molar-refractivity contribution in [1.29, 1.82) is 0 Å². The number of halogens is 5. The summed E-state index contributed by atoms with van der Waals surface area (Å²) in [5, 5.41) is 0. The lowest BCUT2D eigenvalue weighted by molar-refractivity contribution is -0.275. The lowest BCUT2D eigenvalue weighted by Gasteiger charge is -2.15. The zero-order chi connectivity index (χ0) is 12.3. The predicted molar refractivity (Wildman–Crippen MR) is 59.7 cm³/mol. The van der Waals surface area contributed by atoms with E-state index in [2.05, 4.69) is 9.72 Å². The SMILES string of the molecule is COc1c(I)cnc(CCl)c1OC(F)(F)F. The molecule has 16 heavy (non-hydrogen) atoms. The van der Waals surface area contributed by atoms with Crippen LogP contribution in [0.5, 0.6) is 11.5 Å². The molecule has 0 saturated carbocycles. The number of aromatic nitrogens is 1. The number of pyridine rings is 1. The van der Waals surface area contributed by atoms with Crippen LogP contribution in [0.3, 0.4) is 0 Å². The number of ether oxygens (including phenoxy) is 2. The van der Waals surface area contributed by atoms with Crippen molar-refractivity contribution in [2.45, 2.75) is 12.2 Å². The second-order valence-electron chi connectivity index (χ2n) is 2.60. The van der Waals surface area contributed by atoms with Gasteiger partial charge in [0.2, 0.25) is 0 Å². The minimum Gasteiger partial charge on any atom is -0.492 e. The number of hydrogen-bond donors (Lipinski definition) is 0. The van der Waals surface area contributed by atoms with E-state index in [1.54, 1.807) is 22.6 Å². The second-order valence-corrected chi connectivity index (χ2v) is 4.03. The molecule has 1 rings (SSSR count). The fourth-order valence-electron chi connectivity index (χ4n) is 0.998. The van der Waals surface area contributed by atoms with Crippen LogP contribution < -0.4 is 9.47 Å². The third kappa shape index (κ3) is 3.27. The molecule has 0 aliphatic heterocycles. The molecule has 0 N–H and O–H groups in total. The van der Waals surface area contributed by atoms with Crippen molar-refractivity contribution in [2.75, 3.05) is 7.11 Å². The van der Waals surface area contributed by atoms with Gasteiger partial charge in [-0.3, -0.25) is 4.98 Å². The Morgan fingerprint density at radius 2 is 2.06 bits per heavy atom. The summed E-state index contributed by atoms with van der Waals surface area (Å²) in [6.45, 7) is 0. The molecule has 0 aromatic carbocycles. The Kier molecular flexibility index (Phi) is 4.48. The Balaban J connectivity index is 3.25. The number of rotatable bonds is 3. The number of hydrogen-bond acceptors (Lipinski definition) is 3. The molecule has 0 unspecified atom stereocenters. The first-order valence-electron chi connectivity index (χ1n) is 3.92. The molecular formula is C8H6ClF3INO2. The van der Waals surface area contributed by atoms with Crippen LogP contribution in [0.4, 0.5) is 13.2 Å². The molecule has 0 radical (unpaired) electrons. The fourth-order valence-corrected chi connectivity index (χ4v) is 1.79. The van der Waals surface area contributed by atoms with Gasteiger partial charge in [-0.15, -0.1) is 24.8 Å². The second kappa shape index (κ2) is 5.26. The van der Waals surface area contributed by atoms with Crippen LogP contribution in [0.15, 0.2) is 6.20 Å². The first-order chi connectivity index (χ1) is 7.39. The maximum absolute atomic E-state index is 12.2. The summed E-state index contributed by atoms with van der Waals surface area (Å²) < 4.78 is 45.6. The summed E-state index contributed by atoms with van der Waals surface area (Å²) >= 11 is 7.27. The zero-order valence-electron chi connectivity index (χ0n) is 7.94. The van der Waals surface area contributed by atoms with E-state index in [1.807, 2.05) is 0 Å². The van der Waals surface area contributed by atoms with Gasteiger partial charge in [0.1, 0.15) is 5.69 Å². The Labute approximate surface area is 108 Å². The molecule has 0 bridgehead atoms. The molecule has 8 heteroatoms. The zero-order valence-corrected chi connectivity index (χ0v) is 10.9. The van der Waals surface area contributed by atoms with Gasteiger partial charge in [0.05, 0.1) is 16.6 Å². The number of alkyl halides is 4. The van der Waals surface area contributed by atoms with Crippen LogP contribution >= 0.6 is 34.2 Å². The third-order valence-electron chi connectivity index (χ3n) is 1.57. The molecule has 0 saturated heterocycles. The normalized spacial score (nSPS) is 11.4. The predicted octanol–water partition coefficient (Wildman–Crippen LogP) is 3.33. The highest BCUT2D eigenvalue weighted by Gasteiger charge is 2.34. The molecule has 0 fully saturated rings. The maximum Gasteiger partial charge on any atom is 0.573 e. The average molecular weight is 367 g/mol. The van der Waals surface area contributed by atoms with E-state index >= 15 is 0 Å². The van der Waals surface area contributed by atoms with Crippen molar-refractivity contribution < 1.29 is 22.6 Å². The summed E-state index contributed by atoms with van der Waals surface area (Å²) in [6, 6.07) is 0. The van der Waals surface area contributed by atoms with Gasteiger partial charge < -0.3 is 9.47 Å². The van der Waals surface area contributed by atoms with E-state index in [1.165, 1.54) is 13.3 Å². The molecule has 0 atom stereocenters. The third-order valence-corrected chi connectivity index (χ3v) is 2.59. The van der Waals surface area contributed by atoms with E-state index in [0.717, 1.165) is 0 Å². The highest BCUT2D eigenvalue weighted by Crippen LogP contribution is 2.38. The number of nitrogens with zero attached hydrogens (tertiary/aromatic N) is 1. The standard InChI is InChI=1S/C8H6ClF3INO2/c1-15-6-4(13)3-14-5(2-9)7(6)16-8(10,11)12/h3H,2H2,1H3. The molecule has 1 aromatic rings. The van der Waals surface area contributed by atoms with E-state index in [0.29, 0.717) is 3.57 Å². The van der Waals surface area contributed by atoms with Gasteiger partial charge >= 0.3 is 6.36 Å². The minimum atomic E-state index is -4.81.